The van der Waals surface area contributed by atoms with Crippen LogP contribution in [0.2, 0.25) is 0 Å². The molecule has 32 heavy (non-hydrogen) atoms. The molecule has 2 rings (SSSR count). The van der Waals surface area contributed by atoms with E-state index in [9.17, 15) is 9.59 Å². The van der Waals surface area contributed by atoms with E-state index in [-0.39, 0.29) is 39.6 Å². The van der Waals surface area contributed by atoms with E-state index in [4.69, 9.17) is 28.4 Å². The van der Waals surface area contributed by atoms with Crippen LogP contribution in [-0.2, 0) is 18.9 Å². The minimum Gasteiger partial charge on any atom is -0.489 e. The Bertz CT molecular complexity index is 873. The third-order valence-corrected chi connectivity index (χ3v) is 3.84. The minimum atomic E-state index is -0.768. The summed E-state index contributed by atoms with van der Waals surface area (Å²) in [5, 5.41) is 1.66. The summed E-state index contributed by atoms with van der Waals surface area (Å²) in [5.74, 6) is 1.23. The molecule has 0 fully saturated rings. The summed E-state index contributed by atoms with van der Waals surface area (Å²) in [6.07, 6.45) is -1.54. The van der Waals surface area contributed by atoms with Crippen molar-refractivity contribution in [3.05, 3.63) is 60.7 Å². The number of hydrogen-bond acceptors (Lipinski definition) is 8. The fourth-order valence-electron chi connectivity index (χ4n) is 2.50. The smallest absolute Gasteiger partial charge is 0.489 e. The Morgan fingerprint density at radius 3 is 1.44 bits per heavy atom. The van der Waals surface area contributed by atoms with Crippen LogP contribution in [0.4, 0.5) is 9.59 Å². The zero-order valence-electron chi connectivity index (χ0n) is 18.4. The maximum atomic E-state index is 11.4. The molecule has 0 unspecified atom stereocenters. The maximum absolute atomic E-state index is 11.4. The molecule has 0 heterocycles. The fraction of sp³-hybridized carbons (Fsp3) is 0.333. The van der Waals surface area contributed by atoms with Crippen molar-refractivity contribution in [1.82, 2.24) is 0 Å². The Kier molecular flexibility index (Phi) is 9.90. The van der Waals surface area contributed by atoms with E-state index in [0.717, 1.165) is 21.9 Å². The fourth-order valence-corrected chi connectivity index (χ4v) is 2.50. The van der Waals surface area contributed by atoms with Crippen LogP contribution in [0.3, 0.4) is 0 Å². The van der Waals surface area contributed by atoms with E-state index >= 15 is 0 Å². The monoisotopic (exact) mass is 444 g/mol. The van der Waals surface area contributed by atoms with Crippen LogP contribution in [0, 0.1) is 0 Å². The van der Waals surface area contributed by atoms with Crippen LogP contribution >= 0.6 is 0 Å². The molecule has 0 radical (unpaired) electrons. The summed E-state index contributed by atoms with van der Waals surface area (Å²) in [5.41, 5.74) is 1.45. The van der Waals surface area contributed by atoms with Gasteiger partial charge in [0.2, 0.25) is 0 Å². The van der Waals surface area contributed by atoms with Crippen molar-refractivity contribution in [1.29, 1.82) is 0 Å². The molecule has 0 saturated heterocycles. The highest BCUT2D eigenvalue weighted by Gasteiger charge is 2.09. The number of ether oxygens (including phenoxy) is 6. The molecule has 0 bridgehead atoms. The van der Waals surface area contributed by atoms with E-state index in [1.807, 2.05) is 36.4 Å². The predicted octanol–water partition coefficient (Wildman–Crippen LogP) is 5.06. The van der Waals surface area contributed by atoms with Crippen molar-refractivity contribution in [2.75, 3.05) is 39.6 Å². The molecule has 0 aliphatic carbocycles. The Morgan fingerprint density at radius 1 is 0.656 bits per heavy atom. The molecule has 172 valence electrons. The van der Waals surface area contributed by atoms with E-state index in [1.54, 1.807) is 13.8 Å². The Morgan fingerprint density at radius 2 is 1.06 bits per heavy atom. The van der Waals surface area contributed by atoms with Crippen LogP contribution < -0.4 is 9.47 Å². The Balaban J connectivity index is 1.84. The van der Waals surface area contributed by atoms with E-state index in [1.165, 1.54) is 0 Å². The maximum Gasteiger partial charge on any atom is 0.508 e. The van der Waals surface area contributed by atoms with Gasteiger partial charge >= 0.3 is 12.3 Å². The topological polar surface area (TPSA) is 89.5 Å². The molecule has 0 saturated carbocycles. The summed E-state index contributed by atoms with van der Waals surface area (Å²) >= 11 is 0. The third kappa shape index (κ3) is 8.59. The lowest BCUT2D eigenvalue weighted by molar-refractivity contribution is 0.0511. The molecule has 0 amide bonds. The summed E-state index contributed by atoms with van der Waals surface area (Å²) in [6, 6.07) is 11.1. The van der Waals surface area contributed by atoms with Crippen molar-refractivity contribution in [3.8, 4) is 11.5 Å². The molecular formula is C24H28O8. The molecule has 0 aliphatic rings. The molecule has 0 aliphatic heterocycles. The van der Waals surface area contributed by atoms with Crippen molar-refractivity contribution >= 4 is 23.1 Å². The molecule has 2 aromatic carbocycles. The van der Waals surface area contributed by atoms with Crippen molar-refractivity contribution in [2.45, 2.75) is 13.8 Å². The molecule has 0 spiro atoms. The molecule has 0 N–H and O–H groups in total. The average molecular weight is 444 g/mol. The average Bonchev–Trinajstić information content (AvgIpc) is 2.76. The molecular weight excluding hydrogens is 416 g/mol. The first kappa shape index (κ1) is 24.6. The van der Waals surface area contributed by atoms with Gasteiger partial charge in [0.15, 0.2) is 0 Å². The van der Waals surface area contributed by atoms with Gasteiger partial charge in [-0.1, -0.05) is 37.4 Å². The van der Waals surface area contributed by atoms with Crippen LogP contribution in [0.15, 0.2) is 60.7 Å². The quantitative estimate of drug-likeness (QED) is 0.255. The first-order chi connectivity index (χ1) is 15.4. The summed E-state index contributed by atoms with van der Waals surface area (Å²) in [7, 11) is 0. The summed E-state index contributed by atoms with van der Waals surface area (Å²) < 4.78 is 31.1. The van der Waals surface area contributed by atoms with Gasteiger partial charge in [0, 0.05) is 10.8 Å². The second-order valence-corrected chi connectivity index (χ2v) is 6.99. The molecule has 0 aromatic heterocycles. The number of carbonyl (C=O) groups is 2. The van der Waals surface area contributed by atoms with Gasteiger partial charge in [-0.2, -0.15) is 0 Å². The first-order valence-electron chi connectivity index (χ1n) is 10.0. The van der Waals surface area contributed by atoms with Crippen molar-refractivity contribution < 1.29 is 38.0 Å². The largest absolute Gasteiger partial charge is 0.508 e. The number of benzene rings is 2. The molecule has 8 nitrogen and oxygen atoms in total. The van der Waals surface area contributed by atoms with Gasteiger partial charge in [-0.3, -0.25) is 0 Å². The minimum absolute atomic E-state index is 0.0421. The lowest BCUT2D eigenvalue weighted by Gasteiger charge is -2.13. The lowest BCUT2D eigenvalue weighted by Crippen LogP contribution is -2.14. The van der Waals surface area contributed by atoms with Gasteiger partial charge in [-0.05, 0) is 37.1 Å². The number of carbonyl (C=O) groups excluding carboxylic acids is 2. The van der Waals surface area contributed by atoms with Gasteiger partial charge in [-0.25, -0.2) is 9.59 Å². The first-order valence-corrected chi connectivity index (χ1v) is 10.0. The van der Waals surface area contributed by atoms with Gasteiger partial charge < -0.3 is 28.4 Å². The Hall–Kier alpha value is -3.68. The van der Waals surface area contributed by atoms with Crippen LogP contribution in [0.25, 0.3) is 10.8 Å². The second kappa shape index (κ2) is 12.9. The lowest BCUT2D eigenvalue weighted by atomic mass is 10.1. The van der Waals surface area contributed by atoms with Gasteiger partial charge in [0.1, 0.15) is 51.1 Å². The molecule has 8 heteroatoms. The van der Waals surface area contributed by atoms with E-state index < -0.39 is 12.3 Å². The number of fused-ring (bicyclic) bond motifs is 1. The zero-order valence-corrected chi connectivity index (χ0v) is 18.4. The van der Waals surface area contributed by atoms with Crippen LogP contribution in [0.1, 0.15) is 13.8 Å². The van der Waals surface area contributed by atoms with Gasteiger partial charge in [-0.15, -0.1) is 0 Å². The molecule has 2 aromatic rings. The van der Waals surface area contributed by atoms with E-state index in [0.29, 0.717) is 11.5 Å². The van der Waals surface area contributed by atoms with Crippen molar-refractivity contribution in [3.63, 3.8) is 0 Å². The SMILES string of the molecule is C=C(C)COC(=O)OCCOc1cccc2c(OCCOC(=O)OCC(=C)C)cccc12. The standard InChI is InChI=1S/C24H28O8/c1-17(2)15-31-23(25)29-13-11-27-21-9-5-8-20-19(21)7-6-10-22(20)28-12-14-30-24(26)32-16-18(3)4/h5-10H,1,3,11-16H2,2,4H3. The second-order valence-electron chi connectivity index (χ2n) is 6.99. The van der Waals surface area contributed by atoms with Gasteiger partial charge in [0.05, 0.1) is 0 Å². The summed E-state index contributed by atoms with van der Waals surface area (Å²) in [6.45, 7) is 11.4. The highest BCUT2D eigenvalue weighted by Crippen LogP contribution is 2.32. The number of rotatable bonds is 12. The zero-order chi connectivity index (χ0) is 23.3. The summed E-state index contributed by atoms with van der Waals surface area (Å²) in [4.78, 5) is 22.9. The van der Waals surface area contributed by atoms with Crippen molar-refractivity contribution in [2.24, 2.45) is 0 Å². The van der Waals surface area contributed by atoms with Crippen LogP contribution in [0.5, 0.6) is 11.5 Å². The third-order valence-electron chi connectivity index (χ3n) is 3.84. The number of hydrogen-bond donors (Lipinski definition) is 0. The predicted molar refractivity (Wildman–Crippen MR) is 119 cm³/mol. The van der Waals surface area contributed by atoms with Crippen LogP contribution in [-0.4, -0.2) is 52.0 Å². The highest BCUT2D eigenvalue weighted by atomic mass is 16.7. The Labute approximate surface area is 187 Å². The normalized spacial score (nSPS) is 10.2. The highest BCUT2D eigenvalue weighted by molar-refractivity contribution is 5.93. The molecule has 0 atom stereocenters. The van der Waals surface area contributed by atoms with Gasteiger partial charge in [0.25, 0.3) is 0 Å². The van der Waals surface area contributed by atoms with E-state index in [2.05, 4.69) is 13.2 Å².